The van der Waals surface area contributed by atoms with E-state index < -0.39 is 0 Å². The Hall–Kier alpha value is -2.63. The van der Waals surface area contributed by atoms with E-state index in [2.05, 4.69) is 5.32 Å². The van der Waals surface area contributed by atoms with Gasteiger partial charge in [-0.05, 0) is 60.0 Å². The van der Waals surface area contributed by atoms with E-state index in [0.717, 1.165) is 29.7 Å². The summed E-state index contributed by atoms with van der Waals surface area (Å²) in [5.41, 5.74) is 2.79. The lowest BCUT2D eigenvalue weighted by Crippen LogP contribution is -2.17. The summed E-state index contributed by atoms with van der Waals surface area (Å²) in [7, 11) is 1.57. The second-order valence-corrected chi connectivity index (χ2v) is 6.97. The Bertz CT molecular complexity index is 931. The molecule has 29 heavy (non-hydrogen) atoms. The Morgan fingerprint density at radius 2 is 1.48 bits per heavy atom. The first kappa shape index (κ1) is 21.1. The van der Waals surface area contributed by atoms with Crippen LogP contribution in [0.1, 0.15) is 16.7 Å². The summed E-state index contributed by atoms with van der Waals surface area (Å²) in [4.78, 5) is 0. The van der Waals surface area contributed by atoms with Crippen LogP contribution in [0.2, 0.25) is 5.02 Å². The van der Waals surface area contributed by atoms with E-state index in [1.807, 2.05) is 6.07 Å². The van der Waals surface area contributed by atoms with Gasteiger partial charge in [0.05, 0.1) is 7.11 Å². The van der Waals surface area contributed by atoms with Crippen molar-refractivity contribution in [3.63, 3.8) is 0 Å². The van der Waals surface area contributed by atoms with Crippen LogP contribution in [-0.2, 0) is 19.6 Å². The van der Waals surface area contributed by atoms with Crippen molar-refractivity contribution in [2.24, 2.45) is 0 Å². The quantitative estimate of drug-likeness (QED) is 0.464. The van der Waals surface area contributed by atoms with Crippen LogP contribution in [0.15, 0.2) is 60.7 Å². The number of rotatable bonds is 9. The largest absolute Gasteiger partial charge is 0.493 e. The number of benzene rings is 3. The second-order valence-electron chi connectivity index (χ2n) is 6.56. The lowest BCUT2D eigenvalue weighted by atomic mass is 10.1. The fourth-order valence-corrected chi connectivity index (χ4v) is 3.05. The molecule has 0 heterocycles. The monoisotopic (exact) mass is 417 g/mol. The molecule has 0 aliphatic heterocycles. The van der Waals surface area contributed by atoms with Crippen LogP contribution >= 0.6 is 11.6 Å². The maximum absolute atomic E-state index is 13.0. The fraction of sp³-hybridized carbons (Fsp3) is 0.217. The normalized spacial score (nSPS) is 10.8. The third-order valence-electron chi connectivity index (χ3n) is 4.46. The van der Waals surface area contributed by atoms with Crippen molar-refractivity contribution >= 4 is 11.6 Å². The molecule has 3 nitrogen and oxygen atoms in total. The van der Waals surface area contributed by atoms with Gasteiger partial charge in [-0.1, -0.05) is 35.9 Å². The van der Waals surface area contributed by atoms with Gasteiger partial charge in [-0.25, -0.2) is 8.78 Å². The van der Waals surface area contributed by atoms with Crippen LogP contribution in [0.3, 0.4) is 0 Å². The first-order chi connectivity index (χ1) is 14.0. The average Bonchev–Trinajstić information content (AvgIpc) is 2.73. The number of halogens is 3. The molecule has 0 aliphatic rings. The molecule has 0 aromatic heterocycles. The molecule has 3 rings (SSSR count). The predicted molar refractivity (Wildman–Crippen MR) is 111 cm³/mol. The fourth-order valence-electron chi connectivity index (χ4n) is 2.83. The minimum Gasteiger partial charge on any atom is -0.493 e. The van der Waals surface area contributed by atoms with E-state index in [1.54, 1.807) is 37.4 Å². The van der Waals surface area contributed by atoms with Crippen molar-refractivity contribution < 1.29 is 18.3 Å². The highest BCUT2D eigenvalue weighted by atomic mass is 35.5. The summed E-state index contributed by atoms with van der Waals surface area (Å²) in [5.74, 6) is 0.580. The highest BCUT2D eigenvalue weighted by Crippen LogP contribution is 2.34. The molecule has 1 N–H and O–H groups in total. The second kappa shape index (κ2) is 10.2. The van der Waals surface area contributed by atoms with Crippen molar-refractivity contribution in [3.8, 4) is 11.5 Å². The smallest absolute Gasteiger partial charge is 0.163 e. The van der Waals surface area contributed by atoms with Crippen LogP contribution < -0.4 is 14.8 Å². The maximum atomic E-state index is 13.0. The van der Waals surface area contributed by atoms with Gasteiger partial charge in [0, 0.05) is 17.6 Å². The van der Waals surface area contributed by atoms with Gasteiger partial charge >= 0.3 is 0 Å². The zero-order valence-electron chi connectivity index (χ0n) is 16.1. The van der Waals surface area contributed by atoms with E-state index in [-0.39, 0.29) is 18.2 Å². The molecule has 6 heteroatoms. The summed E-state index contributed by atoms with van der Waals surface area (Å²) < 4.78 is 37.2. The zero-order chi connectivity index (χ0) is 20.6. The molecular weight excluding hydrogens is 396 g/mol. The van der Waals surface area contributed by atoms with Crippen LogP contribution in [0.4, 0.5) is 8.78 Å². The third kappa shape index (κ3) is 6.17. The van der Waals surface area contributed by atoms with Crippen LogP contribution in [0.5, 0.6) is 11.5 Å². The average molecular weight is 418 g/mol. The van der Waals surface area contributed by atoms with Gasteiger partial charge in [0.2, 0.25) is 0 Å². The lowest BCUT2D eigenvalue weighted by molar-refractivity contribution is 0.284. The lowest BCUT2D eigenvalue weighted by Gasteiger charge is -2.14. The number of nitrogens with one attached hydrogen (secondary N) is 1. The van der Waals surface area contributed by atoms with E-state index in [1.165, 1.54) is 24.3 Å². The standard InChI is InChI=1S/C23H22ClF2NO2/c1-28-22-12-18(14-27-11-10-16-2-6-19(25)7-3-16)21(24)13-23(22)29-15-17-4-8-20(26)9-5-17/h2-9,12-13,27H,10-11,14-15H2,1H3. The molecule has 152 valence electrons. The Labute approximate surface area is 174 Å². The molecule has 0 bridgehead atoms. The molecule has 3 aromatic rings. The number of hydrogen-bond acceptors (Lipinski definition) is 3. The number of ether oxygens (including phenoxy) is 2. The minimum absolute atomic E-state index is 0.234. The molecule has 0 saturated carbocycles. The molecule has 3 aromatic carbocycles. The zero-order valence-corrected chi connectivity index (χ0v) is 16.8. The third-order valence-corrected chi connectivity index (χ3v) is 4.81. The highest BCUT2D eigenvalue weighted by molar-refractivity contribution is 6.31. The van der Waals surface area contributed by atoms with E-state index >= 15 is 0 Å². The summed E-state index contributed by atoms with van der Waals surface area (Å²) in [5, 5.41) is 3.89. The number of methoxy groups -OCH3 is 1. The first-order valence-electron chi connectivity index (χ1n) is 9.24. The number of hydrogen-bond donors (Lipinski definition) is 1. The van der Waals surface area contributed by atoms with Crippen LogP contribution in [0.25, 0.3) is 0 Å². The Balaban J connectivity index is 1.57. The van der Waals surface area contributed by atoms with Gasteiger partial charge in [0.25, 0.3) is 0 Å². The minimum atomic E-state index is -0.286. The molecular formula is C23H22ClF2NO2. The van der Waals surface area contributed by atoms with Gasteiger partial charge in [0.15, 0.2) is 11.5 Å². The summed E-state index contributed by atoms with van der Waals surface area (Å²) in [6.45, 7) is 1.57. The molecule has 0 saturated heterocycles. The molecule has 0 amide bonds. The SMILES string of the molecule is COc1cc(CNCCc2ccc(F)cc2)c(Cl)cc1OCc1ccc(F)cc1. The molecule has 0 fully saturated rings. The van der Waals surface area contributed by atoms with E-state index in [4.69, 9.17) is 21.1 Å². The van der Waals surface area contributed by atoms with Gasteiger partial charge in [-0.3, -0.25) is 0 Å². The molecule has 0 atom stereocenters. The molecule has 0 aliphatic carbocycles. The topological polar surface area (TPSA) is 30.5 Å². The molecule has 0 spiro atoms. The Morgan fingerprint density at radius 3 is 2.10 bits per heavy atom. The van der Waals surface area contributed by atoms with Crippen molar-refractivity contribution in [2.75, 3.05) is 13.7 Å². The van der Waals surface area contributed by atoms with Crippen molar-refractivity contribution in [2.45, 2.75) is 19.6 Å². The summed E-state index contributed by atoms with van der Waals surface area (Å²) in [6.07, 6.45) is 0.786. The van der Waals surface area contributed by atoms with E-state index in [9.17, 15) is 8.78 Å². The summed E-state index contributed by atoms with van der Waals surface area (Å²) >= 11 is 6.41. The van der Waals surface area contributed by atoms with Crippen molar-refractivity contribution in [1.82, 2.24) is 5.32 Å². The van der Waals surface area contributed by atoms with Gasteiger partial charge in [-0.15, -0.1) is 0 Å². The summed E-state index contributed by atoms with van der Waals surface area (Å²) in [6, 6.07) is 16.2. The van der Waals surface area contributed by atoms with Crippen molar-refractivity contribution in [3.05, 3.63) is 94.0 Å². The molecule has 0 unspecified atom stereocenters. The van der Waals surface area contributed by atoms with Gasteiger partial charge < -0.3 is 14.8 Å². The van der Waals surface area contributed by atoms with Gasteiger partial charge in [-0.2, -0.15) is 0 Å². The van der Waals surface area contributed by atoms with E-state index in [0.29, 0.717) is 23.1 Å². The maximum Gasteiger partial charge on any atom is 0.163 e. The molecule has 0 radical (unpaired) electrons. The van der Waals surface area contributed by atoms with Gasteiger partial charge in [0.1, 0.15) is 18.2 Å². The van der Waals surface area contributed by atoms with Crippen molar-refractivity contribution in [1.29, 1.82) is 0 Å². The first-order valence-corrected chi connectivity index (χ1v) is 9.62. The highest BCUT2D eigenvalue weighted by Gasteiger charge is 2.11. The Kier molecular flexibility index (Phi) is 7.44. The predicted octanol–water partition coefficient (Wildman–Crippen LogP) is 5.54. The van der Waals surface area contributed by atoms with Crippen LogP contribution in [-0.4, -0.2) is 13.7 Å². The van der Waals surface area contributed by atoms with Crippen LogP contribution in [0, 0.1) is 11.6 Å². The Morgan fingerprint density at radius 1 is 0.862 bits per heavy atom.